The number of halogens is 1. The van der Waals surface area contributed by atoms with Crippen molar-refractivity contribution in [2.75, 3.05) is 20.3 Å². The summed E-state index contributed by atoms with van der Waals surface area (Å²) in [5.41, 5.74) is 3.59. The number of hydrogen-bond donors (Lipinski definition) is 0. The Morgan fingerprint density at radius 3 is 2.63 bits per heavy atom. The summed E-state index contributed by atoms with van der Waals surface area (Å²) in [5, 5.41) is 4.85. The molecule has 5 rings (SSSR count). The lowest BCUT2D eigenvalue weighted by Gasteiger charge is -2.12. The third-order valence-electron chi connectivity index (χ3n) is 5.90. The number of carbonyl (C=O) groups is 1. The van der Waals surface area contributed by atoms with Gasteiger partial charge in [0, 0.05) is 30.0 Å². The first-order valence-corrected chi connectivity index (χ1v) is 13.1. The highest BCUT2D eigenvalue weighted by Gasteiger charge is 2.32. The zero-order chi connectivity index (χ0) is 26.5. The molecule has 4 aromatic rings. The highest BCUT2D eigenvalue weighted by molar-refractivity contribution is 8.26. The van der Waals surface area contributed by atoms with Gasteiger partial charge in [0.1, 0.15) is 28.2 Å². The van der Waals surface area contributed by atoms with Crippen LogP contribution in [0, 0.1) is 5.82 Å². The lowest BCUT2D eigenvalue weighted by atomic mass is 10.1. The summed E-state index contributed by atoms with van der Waals surface area (Å²) in [6, 6.07) is 23.7. The maximum absolute atomic E-state index is 14.1. The molecule has 1 aliphatic heterocycles. The molecule has 1 amide bonds. The fraction of sp³-hybridized carbons (Fsp3) is 0.138. The Labute approximate surface area is 229 Å². The van der Waals surface area contributed by atoms with Crippen LogP contribution in [-0.2, 0) is 16.1 Å². The molecule has 0 saturated carbocycles. The molecular weight excluding hydrogens is 521 g/mol. The number of thioether (sulfide) groups is 1. The van der Waals surface area contributed by atoms with E-state index in [4.69, 9.17) is 26.8 Å². The van der Waals surface area contributed by atoms with Crippen LogP contribution < -0.4 is 4.74 Å². The molecule has 0 spiro atoms. The number of hydrogen-bond acceptors (Lipinski definition) is 6. The van der Waals surface area contributed by atoms with Gasteiger partial charge in [0.2, 0.25) is 0 Å². The van der Waals surface area contributed by atoms with Crippen LogP contribution in [0.15, 0.2) is 90.0 Å². The first-order chi connectivity index (χ1) is 18.5. The van der Waals surface area contributed by atoms with Gasteiger partial charge in [-0.3, -0.25) is 9.69 Å². The van der Waals surface area contributed by atoms with Gasteiger partial charge in [0.15, 0.2) is 0 Å². The Balaban J connectivity index is 1.49. The molecule has 0 aliphatic carbocycles. The molecule has 0 atom stereocenters. The topological polar surface area (TPSA) is 56.6 Å². The highest BCUT2D eigenvalue weighted by atomic mass is 32.2. The molecule has 2 heterocycles. The Bertz CT molecular complexity index is 1500. The number of aromatic nitrogens is 2. The summed E-state index contributed by atoms with van der Waals surface area (Å²) in [6.07, 6.45) is 3.71. The number of amides is 1. The Morgan fingerprint density at radius 1 is 1.05 bits per heavy atom. The molecule has 1 aliphatic rings. The van der Waals surface area contributed by atoms with Crippen molar-refractivity contribution in [3.63, 3.8) is 0 Å². The van der Waals surface area contributed by atoms with E-state index < -0.39 is 0 Å². The molecule has 0 unspecified atom stereocenters. The van der Waals surface area contributed by atoms with E-state index in [-0.39, 0.29) is 18.3 Å². The maximum atomic E-state index is 14.1. The van der Waals surface area contributed by atoms with E-state index >= 15 is 0 Å². The predicted octanol–water partition coefficient (Wildman–Crippen LogP) is 6.11. The number of ether oxygens (including phenoxy) is 2. The molecule has 1 saturated heterocycles. The molecule has 3 aromatic carbocycles. The van der Waals surface area contributed by atoms with Crippen molar-refractivity contribution >= 4 is 40.3 Å². The van der Waals surface area contributed by atoms with Gasteiger partial charge >= 0.3 is 0 Å². The van der Waals surface area contributed by atoms with E-state index in [0.717, 1.165) is 16.8 Å². The quantitative estimate of drug-likeness (QED) is 0.187. The second-order valence-corrected chi connectivity index (χ2v) is 10.1. The summed E-state index contributed by atoms with van der Waals surface area (Å²) in [6.45, 7) is 0.901. The highest BCUT2D eigenvalue weighted by Crippen LogP contribution is 2.35. The fourth-order valence-electron chi connectivity index (χ4n) is 3.96. The average molecular weight is 546 g/mol. The zero-order valence-corrected chi connectivity index (χ0v) is 22.2. The Morgan fingerprint density at radius 2 is 1.84 bits per heavy atom. The second-order valence-electron chi connectivity index (χ2n) is 8.45. The van der Waals surface area contributed by atoms with E-state index in [1.54, 1.807) is 34.9 Å². The van der Waals surface area contributed by atoms with Gasteiger partial charge in [0.25, 0.3) is 5.91 Å². The van der Waals surface area contributed by atoms with Crippen molar-refractivity contribution in [3.8, 4) is 22.7 Å². The molecule has 0 N–H and O–H groups in total. The molecule has 1 aromatic heterocycles. The number of nitrogens with zero attached hydrogens (tertiary/aromatic N) is 3. The molecule has 38 heavy (non-hydrogen) atoms. The number of rotatable bonds is 9. The van der Waals surface area contributed by atoms with Crippen LogP contribution in [0.3, 0.4) is 0 Å². The third kappa shape index (κ3) is 5.70. The standard InChI is InChI=1S/C29H24FN3O3S2/c1-35-15-14-32-28(34)26(38-29(32)37)17-22-18-33(23-10-3-2-4-11-23)31-27(22)20-9-7-12-24(16-20)36-19-21-8-5-6-13-25(21)30/h2-13,16-18H,14-15,19H2,1H3. The first kappa shape index (κ1) is 25.8. The van der Waals surface area contributed by atoms with Crippen LogP contribution in [-0.4, -0.2) is 45.2 Å². The summed E-state index contributed by atoms with van der Waals surface area (Å²) >= 11 is 6.70. The summed E-state index contributed by atoms with van der Waals surface area (Å²) in [5.74, 6) is 0.115. The van der Waals surface area contributed by atoms with E-state index in [1.807, 2.05) is 66.9 Å². The zero-order valence-electron chi connectivity index (χ0n) is 20.5. The van der Waals surface area contributed by atoms with Crippen molar-refractivity contribution in [2.24, 2.45) is 0 Å². The van der Waals surface area contributed by atoms with Crippen LogP contribution in [0.4, 0.5) is 4.39 Å². The van der Waals surface area contributed by atoms with Crippen molar-refractivity contribution in [1.29, 1.82) is 0 Å². The smallest absolute Gasteiger partial charge is 0.266 e. The summed E-state index contributed by atoms with van der Waals surface area (Å²) < 4.78 is 27.4. The molecular formula is C29H24FN3O3S2. The number of carbonyl (C=O) groups excluding carboxylic acids is 1. The number of para-hydroxylation sites is 1. The van der Waals surface area contributed by atoms with Gasteiger partial charge in [-0.1, -0.05) is 72.5 Å². The van der Waals surface area contributed by atoms with Crippen molar-refractivity contribution in [2.45, 2.75) is 6.61 Å². The Kier molecular flexibility index (Phi) is 7.97. The normalized spacial score (nSPS) is 14.5. The van der Waals surface area contributed by atoms with Crippen LogP contribution >= 0.6 is 24.0 Å². The lowest BCUT2D eigenvalue weighted by molar-refractivity contribution is -0.122. The summed E-state index contributed by atoms with van der Waals surface area (Å²) in [4.78, 5) is 15.1. The van der Waals surface area contributed by atoms with E-state index in [0.29, 0.717) is 39.4 Å². The van der Waals surface area contributed by atoms with E-state index in [9.17, 15) is 9.18 Å². The van der Waals surface area contributed by atoms with Crippen molar-refractivity contribution in [1.82, 2.24) is 14.7 Å². The van der Waals surface area contributed by atoms with Crippen LogP contribution in [0.25, 0.3) is 23.0 Å². The lowest BCUT2D eigenvalue weighted by Crippen LogP contribution is -2.31. The minimum Gasteiger partial charge on any atom is -0.489 e. The van der Waals surface area contributed by atoms with Crippen LogP contribution in [0.5, 0.6) is 5.75 Å². The van der Waals surface area contributed by atoms with Crippen molar-refractivity contribution in [3.05, 3.63) is 107 Å². The third-order valence-corrected chi connectivity index (χ3v) is 7.28. The number of benzene rings is 3. The van der Waals surface area contributed by atoms with E-state index in [2.05, 4.69) is 0 Å². The Hall–Kier alpha value is -3.79. The van der Waals surface area contributed by atoms with Gasteiger partial charge in [0.05, 0.1) is 23.7 Å². The molecule has 192 valence electrons. The minimum atomic E-state index is -0.310. The summed E-state index contributed by atoms with van der Waals surface area (Å²) in [7, 11) is 1.59. The van der Waals surface area contributed by atoms with Gasteiger partial charge in [-0.2, -0.15) is 5.10 Å². The molecule has 1 fully saturated rings. The minimum absolute atomic E-state index is 0.103. The average Bonchev–Trinajstić information content (AvgIpc) is 3.48. The fourth-order valence-corrected chi connectivity index (χ4v) is 5.26. The maximum Gasteiger partial charge on any atom is 0.266 e. The SMILES string of the molecule is COCCN1C(=O)C(=Cc2cn(-c3ccccc3)nc2-c2cccc(OCc3ccccc3F)c2)SC1=S. The van der Waals surface area contributed by atoms with Gasteiger partial charge in [-0.15, -0.1) is 0 Å². The number of methoxy groups -OCH3 is 1. The predicted molar refractivity (Wildman–Crippen MR) is 151 cm³/mol. The molecule has 0 radical (unpaired) electrons. The van der Waals surface area contributed by atoms with Crippen molar-refractivity contribution < 1.29 is 18.7 Å². The van der Waals surface area contributed by atoms with E-state index in [1.165, 1.54) is 17.8 Å². The largest absolute Gasteiger partial charge is 0.489 e. The van der Waals surface area contributed by atoms with Gasteiger partial charge in [-0.25, -0.2) is 9.07 Å². The van der Waals surface area contributed by atoms with Gasteiger partial charge < -0.3 is 9.47 Å². The molecule has 9 heteroatoms. The molecule has 0 bridgehead atoms. The van der Waals surface area contributed by atoms with Gasteiger partial charge in [-0.05, 0) is 36.4 Å². The first-order valence-electron chi connectivity index (χ1n) is 11.9. The molecule has 6 nitrogen and oxygen atoms in total. The van der Waals surface area contributed by atoms with Crippen LogP contribution in [0.2, 0.25) is 0 Å². The van der Waals surface area contributed by atoms with Crippen LogP contribution in [0.1, 0.15) is 11.1 Å². The number of thiocarbonyl (C=S) groups is 1. The second kappa shape index (κ2) is 11.7. The monoisotopic (exact) mass is 545 g/mol.